The largest absolute Gasteiger partial charge is 0.103 e. The molecule has 0 spiro atoms. The maximum absolute atomic E-state index is 3.56. The van der Waals surface area contributed by atoms with E-state index in [1.54, 1.807) is 6.08 Å². The van der Waals surface area contributed by atoms with Crippen LogP contribution in [0.3, 0.4) is 0 Å². The van der Waals surface area contributed by atoms with Crippen molar-refractivity contribution in [3.8, 4) is 0 Å². The summed E-state index contributed by atoms with van der Waals surface area (Å²) in [6.45, 7) is 23.3. The van der Waals surface area contributed by atoms with Gasteiger partial charge in [-0.1, -0.05) is 49.3 Å². The van der Waals surface area contributed by atoms with Gasteiger partial charge in [-0.05, 0) is 54.4 Å². The van der Waals surface area contributed by atoms with Crippen LogP contribution in [0.25, 0.3) is 0 Å². The van der Waals surface area contributed by atoms with Crippen LogP contribution in [0.1, 0.15) is 68.2 Å². The first kappa shape index (κ1) is 25.7. The minimum Gasteiger partial charge on any atom is -0.103 e. The second-order valence-electron chi connectivity index (χ2n) is 4.28. The third kappa shape index (κ3) is 186. The molecule has 0 nitrogen and oxygen atoms in total. The Kier molecular flexibility index (Phi) is 42.5. The van der Waals surface area contributed by atoms with Gasteiger partial charge in [-0.25, -0.2) is 0 Å². The monoisotopic (exact) mass is 252 g/mol. The Bertz CT molecular complexity index is 196. The lowest BCUT2D eigenvalue weighted by Crippen LogP contribution is -1.58. The molecule has 0 heterocycles. The van der Waals surface area contributed by atoms with Gasteiger partial charge in [0.15, 0.2) is 0 Å². The summed E-state index contributed by atoms with van der Waals surface area (Å²) in [6.07, 6.45) is 10.5. The molecule has 0 aromatic heterocycles. The molecule has 0 saturated heterocycles. The highest BCUT2D eigenvalue weighted by Gasteiger charge is 1.67. The van der Waals surface area contributed by atoms with E-state index in [9.17, 15) is 0 Å². The molecule has 0 saturated carbocycles. The Morgan fingerprint density at radius 2 is 1.28 bits per heavy atom. The Morgan fingerprint density at radius 1 is 0.944 bits per heavy atom. The molecule has 0 aromatic carbocycles. The highest BCUT2D eigenvalue weighted by molar-refractivity contribution is 4.91. The van der Waals surface area contributed by atoms with Gasteiger partial charge in [-0.3, -0.25) is 0 Å². The van der Waals surface area contributed by atoms with Gasteiger partial charge < -0.3 is 0 Å². The normalized spacial score (nSPS) is 7.56. The summed E-state index contributed by atoms with van der Waals surface area (Å²) in [5.41, 5.74) is 2.58. The minimum absolute atomic E-state index is 1.16. The Morgan fingerprint density at radius 3 is 1.28 bits per heavy atom. The van der Waals surface area contributed by atoms with Crippen LogP contribution in [0.15, 0.2) is 48.6 Å². The lowest BCUT2D eigenvalue weighted by Gasteiger charge is -1.80. The lowest BCUT2D eigenvalue weighted by atomic mass is 10.3. The van der Waals surface area contributed by atoms with Crippen LogP contribution >= 0.6 is 0 Å². The van der Waals surface area contributed by atoms with E-state index < -0.39 is 0 Å². The molecule has 0 heteroatoms. The molecule has 0 atom stereocenters. The molecule has 0 fully saturated rings. The number of rotatable bonds is 2. The third-order valence-electron chi connectivity index (χ3n) is 1.08. The van der Waals surface area contributed by atoms with E-state index in [0.717, 1.165) is 6.42 Å². The van der Waals surface area contributed by atoms with Crippen LogP contribution in [0.5, 0.6) is 0 Å². The standard InChI is InChI=1S/C6H12.C5H10.C4H8.C3H6/c1-4-5-6(2)3;1-3-5-4-2;1-4(2)3;1-3-2/h5H,4H2,1-3H3;3,5H,4H2,1-2H3;1H2,2-3H3;3H,1H2,2H3. The van der Waals surface area contributed by atoms with Crippen molar-refractivity contribution >= 4 is 0 Å². The molecule has 0 bridgehead atoms. The molecule has 0 aromatic rings. The topological polar surface area (TPSA) is 0 Å². The molecule has 18 heavy (non-hydrogen) atoms. The molecule has 0 unspecified atom stereocenters. The van der Waals surface area contributed by atoms with Gasteiger partial charge >= 0.3 is 0 Å². The van der Waals surface area contributed by atoms with Crippen molar-refractivity contribution in [3.05, 3.63) is 48.6 Å². The van der Waals surface area contributed by atoms with Crippen molar-refractivity contribution in [1.29, 1.82) is 0 Å². The molecular weight excluding hydrogens is 216 g/mol. The van der Waals surface area contributed by atoms with Crippen molar-refractivity contribution in [2.24, 2.45) is 0 Å². The van der Waals surface area contributed by atoms with E-state index in [-0.39, 0.29) is 0 Å². The van der Waals surface area contributed by atoms with E-state index in [4.69, 9.17) is 0 Å². The average Bonchev–Trinajstić information content (AvgIpc) is 2.19. The first-order valence-electron chi connectivity index (χ1n) is 6.77. The maximum Gasteiger partial charge on any atom is -0.0377 e. The van der Waals surface area contributed by atoms with Gasteiger partial charge in [0.25, 0.3) is 0 Å². The predicted octanol–water partition coefficient (Wildman–Crippen LogP) is 7.11. The number of hydrogen-bond acceptors (Lipinski definition) is 0. The number of hydrogen-bond donors (Lipinski definition) is 0. The van der Waals surface area contributed by atoms with Crippen LogP contribution in [0, 0.1) is 0 Å². The summed E-state index contributed by atoms with van der Waals surface area (Å²) < 4.78 is 0. The van der Waals surface area contributed by atoms with Crippen molar-refractivity contribution < 1.29 is 0 Å². The fraction of sp³-hybridized carbons (Fsp3) is 0.556. The van der Waals surface area contributed by atoms with Crippen LogP contribution in [-0.2, 0) is 0 Å². The molecule has 108 valence electrons. The van der Waals surface area contributed by atoms with E-state index in [2.05, 4.69) is 59.1 Å². The summed E-state index contributed by atoms with van der Waals surface area (Å²) in [7, 11) is 0. The molecule has 0 amide bonds. The summed E-state index contributed by atoms with van der Waals surface area (Å²) in [6, 6.07) is 0. The van der Waals surface area contributed by atoms with Gasteiger partial charge in [0.2, 0.25) is 0 Å². The minimum atomic E-state index is 1.16. The molecule has 0 aliphatic heterocycles. The average molecular weight is 252 g/mol. The summed E-state index contributed by atoms with van der Waals surface area (Å²) >= 11 is 0. The van der Waals surface area contributed by atoms with E-state index >= 15 is 0 Å². The zero-order valence-electron chi connectivity index (χ0n) is 14.1. The third-order valence-corrected chi connectivity index (χ3v) is 1.08. The first-order valence-corrected chi connectivity index (χ1v) is 6.77. The molecule has 0 radical (unpaired) electrons. The summed E-state index contributed by atoms with van der Waals surface area (Å²) in [5.74, 6) is 0. The predicted molar refractivity (Wildman–Crippen MR) is 91.2 cm³/mol. The van der Waals surface area contributed by atoms with E-state index in [0.29, 0.717) is 0 Å². The van der Waals surface area contributed by atoms with Gasteiger partial charge in [-0.2, -0.15) is 0 Å². The first-order chi connectivity index (χ1) is 8.33. The van der Waals surface area contributed by atoms with Crippen molar-refractivity contribution in [2.45, 2.75) is 68.2 Å². The zero-order valence-corrected chi connectivity index (χ0v) is 14.1. The molecule has 0 aliphatic carbocycles. The fourth-order valence-corrected chi connectivity index (χ4v) is 0.644. The highest BCUT2D eigenvalue weighted by Crippen LogP contribution is 1.89. The zero-order chi connectivity index (χ0) is 15.4. The fourth-order valence-electron chi connectivity index (χ4n) is 0.644. The Balaban J connectivity index is -0.0000000750. The van der Waals surface area contributed by atoms with Gasteiger partial charge in [0.05, 0.1) is 0 Å². The van der Waals surface area contributed by atoms with Gasteiger partial charge in [-0.15, -0.1) is 13.2 Å². The Hall–Kier alpha value is -1.04. The van der Waals surface area contributed by atoms with E-state index in [1.807, 2.05) is 27.7 Å². The summed E-state index contributed by atoms with van der Waals surface area (Å²) in [4.78, 5) is 0. The molecular formula is C18H36. The van der Waals surface area contributed by atoms with Gasteiger partial charge in [0, 0.05) is 0 Å². The van der Waals surface area contributed by atoms with Crippen molar-refractivity contribution in [3.63, 3.8) is 0 Å². The lowest BCUT2D eigenvalue weighted by molar-refractivity contribution is 1.18. The van der Waals surface area contributed by atoms with Crippen LogP contribution in [0.4, 0.5) is 0 Å². The van der Waals surface area contributed by atoms with Crippen LogP contribution < -0.4 is 0 Å². The number of allylic oxidation sites excluding steroid dienone is 6. The van der Waals surface area contributed by atoms with Crippen molar-refractivity contribution in [2.75, 3.05) is 0 Å². The smallest absolute Gasteiger partial charge is 0.0377 e. The second kappa shape index (κ2) is 29.7. The summed E-state index contributed by atoms with van der Waals surface area (Å²) in [5, 5.41) is 0. The quantitative estimate of drug-likeness (QED) is 0.459. The van der Waals surface area contributed by atoms with E-state index in [1.165, 1.54) is 17.6 Å². The van der Waals surface area contributed by atoms with Crippen LogP contribution in [-0.4, -0.2) is 0 Å². The molecule has 0 aliphatic rings. The molecule has 0 N–H and O–H groups in total. The van der Waals surface area contributed by atoms with Crippen LogP contribution in [0.2, 0.25) is 0 Å². The van der Waals surface area contributed by atoms with Gasteiger partial charge in [0.1, 0.15) is 0 Å². The SMILES string of the molecule is C=C(C)C.C=CC.CC=CCC.CCC=C(C)C. The Labute approximate surface area is 117 Å². The highest BCUT2D eigenvalue weighted by atomic mass is 13.7. The van der Waals surface area contributed by atoms with Crippen molar-refractivity contribution in [1.82, 2.24) is 0 Å². The second-order valence-corrected chi connectivity index (χ2v) is 4.28. The maximum atomic E-state index is 3.56. The molecule has 0 rings (SSSR count).